The molecular weight excluding hydrogens is 390 g/mol. The highest BCUT2D eigenvalue weighted by molar-refractivity contribution is 6.03. The Balaban J connectivity index is 1.49. The fourth-order valence-corrected chi connectivity index (χ4v) is 3.45. The van der Waals surface area contributed by atoms with Gasteiger partial charge in [-0.15, -0.1) is 0 Å². The minimum atomic E-state index is 0.0354. The number of aromatic nitrogens is 3. The predicted octanol–water partition coefficient (Wildman–Crippen LogP) is 4.87. The van der Waals surface area contributed by atoms with E-state index >= 15 is 0 Å². The summed E-state index contributed by atoms with van der Waals surface area (Å²) in [5, 5.41) is 7.89. The van der Waals surface area contributed by atoms with Crippen LogP contribution in [-0.4, -0.2) is 27.9 Å². The van der Waals surface area contributed by atoms with Crippen LogP contribution in [0.3, 0.4) is 0 Å². The van der Waals surface area contributed by atoms with Gasteiger partial charge in [0.15, 0.2) is 0 Å². The fourth-order valence-electron chi connectivity index (χ4n) is 3.45. The van der Waals surface area contributed by atoms with Crippen LogP contribution >= 0.6 is 0 Å². The smallest absolute Gasteiger partial charge is 0.228 e. The van der Waals surface area contributed by atoms with E-state index in [-0.39, 0.29) is 11.8 Å². The number of hydrogen-bond donors (Lipinski definition) is 2. The van der Waals surface area contributed by atoms with Crippen LogP contribution in [0.2, 0.25) is 0 Å². The molecule has 0 saturated heterocycles. The molecule has 7 nitrogen and oxygen atoms in total. The predicted molar refractivity (Wildman–Crippen MR) is 120 cm³/mol. The summed E-state index contributed by atoms with van der Waals surface area (Å²) in [7, 11) is 1.83. The standard InChI is InChI=1S/C24H21N5O2/c1-25-23-21-14-27-22(29-24(30)16-4-5-16)11-19(21)20(13-28-23)15-6-8-17(9-7-15)31-18-3-2-10-26-12-18/h2-3,6-14,16H,4-5H2,1H3,(H,25,28)(H,27,29,30). The van der Waals surface area contributed by atoms with E-state index < -0.39 is 0 Å². The summed E-state index contributed by atoms with van der Waals surface area (Å²) in [6, 6.07) is 13.4. The Morgan fingerprint density at radius 3 is 2.55 bits per heavy atom. The van der Waals surface area contributed by atoms with Crippen molar-refractivity contribution < 1.29 is 9.53 Å². The van der Waals surface area contributed by atoms with Crippen molar-refractivity contribution in [3.05, 3.63) is 67.3 Å². The van der Waals surface area contributed by atoms with Gasteiger partial charge in [-0.1, -0.05) is 12.1 Å². The summed E-state index contributed by atoms with van der Waals surface area (Å²) >= 11 is 0. The summed E-state index contributed by atoms with van der Waals surface area (Å²) in [5.74, 6) is 2.85. The topological polar surface area (TPSA) is 89.0 Å². The molecule has 1 fully saturated rings. The van der Waals surface area contributed by atoms with Gasteiger partial charge in [-0.25, -0.2) is 9.97 Å². The number of ether oxygens (including phenoxy) is 1. The van der Waals surface area contributed by atoms with Gasteiger partial charge in [0, 0.05) is 42.5 Å². The molecule has 0 aliphatic heterocycles. The average Bonchev–Trinajstić information content (AvgIpc) is 3.65. The molecule has 3 heterocycles. The summed E-state index contributed by atoms with van der Waals surface area (Å²) in [4.78, 5) is 25.2. The highest BCUT2D eigenvalue weighted by Gasteiger charge is 2.29. The monoisotopic (exact) mass is 411 g/mol. The lowest BCUT2D eigenvalue weighted by atomic mass is 10.0. The van der Waals surface area contributed by atoms with Crippen molar-refractivity contribution in [2.24, 2.45) is 5.92 Å². The Bertz CT molecular complexity index is 1240. The number of hydrogen-bond acceptors (Lipinski definition) is 6. The van der Waals surface area contributed by atoms with Crippen molar-refractivity contribution in [3.8, 4) is 22.6 Å². The van der Waals surface area contributed by atoms with Crippen molar-refractivity contribution in [1.82, 2.24) is 15.0 Å². The zero-order valence-corrected chi connectivity index (χ0v) is 17.0. The van der Waals surface area contributed by atoms with Crippen LogP contribution in [0.1, 0.15) is 12.8 Å². The lowest BCUT2D eigenvalue weighted by Gasteiger charge is -2.13. The first-order valence-electron chi connectivity index (χ1n) is 10.2. The van der Waals surface area contributed by atoms with Crippen molar-refractivity contribution >= 4 is 28.3 Å². The quantitative estimate of drug-likeness (QED) is 0.470. The second-order valence-corrected chi connectivity index (χ2v) is 7.46. The molecule has 2 N–H and O–H groups in total. The molecule has 5 rings (SSSR count). The number of rotatable bonds is 6. The van der Waals surface area contributed by atoms with Crippen LogP contribution in [0, 0.1) is 5.92 Å². The third-order valence-corrected chi connectivity index (χ3v) is 5.24. The first kappa shape index (κ1) is 19.0. The molecule has 7 heteroatoms. The Morgan fingerprint density at radius 1 is 1.00 bits per heavy atom. The molecule has 1 aromatic carbocycles. The van der Waals surface area contributed by atoms with E-state index in [0.717, 1.165) is 46.3 Å². The lowest BCUT2D eigenvalue weighted by molar-refractivity contribution is -0.117. The maximum Gasteiger partial charge on any atom is 0.228 e. The molecule has 0 unspecified atom stereocenters. The van der Waals surface area contributed by atoms with Gasteiger partial charge in [0.2, 0.25) is 5.91 Å². The largest absolute Gasteiger partial charge is 0.456 e. The third kappa shape index (κ3) is 4.02. The average molecular weight is 411 g/mol. The van der Waals surface area contributed by atoms with Crippen LogP contribution in [0.25, 0.3) is 21.9 Å². The highest BCUT2D eigenvalue weighted by atomic mass is 16.5. The van der Waals surface area contributed by atoms with Gasteiger partial charge in [-0.2, -0.15) is 0 Å². The van der Waals surface area contributed by atoms with Crippen LogP contribution < -0.4 is 15.4 Å². The van der Waals surface area contributed by atoms with Gasteiger partial charge in [-0.05, 0) is 54.1 Å². The number of pyridine rings is 3. The molecule has 31 heavy (non-hydrogen) atoms. The molecule has 154 valence electrons. The van der Waals surface area contributed by atoms with E-state index in [0.29, 0.717) is 11.6 Å². The zero-order valence-electron chi connectivity index (χ0n) is 17.0. The minimum Gasteiger partial charge on any atom is -0.456 e. The number of fused-ring (bicyclic) bond motifs is 1. The number of anilines is 2. The van der Waals surface area contributed by atoms with E-state index in [1.54, 1.807) is 18.6 Å². The van der Waals surface area contributed by atoms with Crippen LogP contribution in [0.15, 0.2) is 67.3 Å². The Labute approximate surface area is 179 Å². The number of nitrogens with one attached hydrogen (secondary N) is 2. The SMILES string of the molecule is CNc1ncc(-c2ccc(Oc3cccnc3)cc2)c2cc(NC(=O)C3CC3)ncc12. The number of benzene rings is 1. The van der Waals surface area contributed by atoms with Gasteiger partial charge in [-0.3, -0.25) is 9.78 Å². The van der Waals surface area contributed by atoms with Gasteiger partial charge < -0.3 is 15.4 Å². The maximum atomic E-state index is 12.2. The van der Waals surface area contributed by atoms with Gasteiger partial charge in [0.25, 0.3) is 0 Å². The minimum absolute atomic E-state index is 0.0354. The number of nitrogens with zero attached hydrogens (tertiary/aromatic N) is 3. The molecule has 1 aliphatic rings. The van der Waals surface area contributed by atoms with Crippen LogP contribution in [-0.2, 0) is 4.79 Å². The fraction of sp³-hybridized carbons (Fsp3) is 0.167. The van der Waals surface area contributed by atoms with Crippen molar-refractivity contribution in [1.29, 1.82) is 0 Å². The van der Waals surface area contributed by atoms with Gasteiger partial charge in [0.05, 0.1) is 6.20 Å². The van der Waals surface area contributed by atoms with E-state index in [1.165, 1.54) is 0 Å². The molecule has 0 radical (unpaired) electrons. The number of carbonyl (C=O) groups is 1. The summed E-state index contributed by atoms with van der Waals surface area (Å²) in [5.41, 5.74) is 1.94. The molecule has 1 aliphatic carbocycles. The molecule has 0 bridgehead atoms. The summed E-state index contributed by atoms with van der Waals surface area (Å²) < 4.78 is 5.84. The van der Waals surface area contributed by atoms with Gasteiger partial charge in [0.1, 0.15) is 23.1 Å². The Hall–Kier alpha value is -4.00. The molecule has 0 spiro atoms. The van der Waals surface area contributed by atoms with E-state index in [1.807, 2.05) is 55.7 Å². The third-order valence-electron chi connectivity index (χ3n) is 5.24. The van der Waals surface area contributed by atoms with E-state index in [4.69, 9.17) is 4.74 Å². The maximum absolute atomic E-state index is 12.2. The molecular formula is C24H21N5O2. The number of amides is 1. The lowest BCUT2D eigenvalue weighted by Crippen LogP contribution is -2.14. The van der Waals surface area contributed by atoms with E-state index in [2.05, 4.69) is 25.6 Å². The first-order chi connectivity index (χ1) is 15.2. The summed E-state index contributed by atoms with van der Waals surface area (Å²) in [6.45, 7) is 0. The van der Waals surface area contributed by atoms with Crippen molar-refractivity contribution in [2.45, 2.75) is 12.8 Å². The number of carbonyl (C=O) groups excluding carboxylic acids is 1. The van der Waals surface area contributed by atoms with E-state index in [9.17, 15) is 4.79 Å². The molecule has 0 atom stereocenters. The van der Waals surface area contributed by atoms with Gasteiger partial charge >= 0.3 is 0 Å². The normalized spacial score (nSPS) is 13.1. The van der Waals surface area contributed by atoms with Crippen molar-refractivity contribution in [3.63, 3.8) is 0 Å². The van der Waals surface area contributed by atoms with Crippen LogP contribution in [0.4, 0.5) is 11.6 Å². The molecule has 1 amide bonds. The zero-order chi connectivity index (χ0) is 21.2. The molecule has 4 aromatic rings. The molecule has 3 aromatic heterocycles. The second kappa shape index (κ2) is 8.02. The first-order valence-corrected chi connectivity index (χ1v) is 10.2. The Kier molecular flexibility index (Phi) is 4.92. The molecule has 1 saturated carbocycles. The summed E-state index contributed by atoms with van der Waals surface area (Å²) in [6.07, 6.45) is 8.86. The van der Waals surface area contributed by atoms with Crippen molar-refractivity contribution in [2.75, 3.05) is 17.7 Å². The highest BCUT2D eigenvalue weighted by Crippen LogP contribution is 2.35. The second-order valence-electron chi connectivity index (χ2n) is 7.46. The Morgan fingerprint density at radius 2 is 1.84 bits per heavy atom. The van der Waals surface area contributed by atoms with Crippen LogP contribution in [0.5, 0.6) is 11.5 Å².